The summed E-state index contributed by atoms with van der Waals surface area (Å²) in [6.45, 7) is 1.62. The normalized spacial score (nSPS) is 12.6. The molecule has 3 aromatic heterocycles. The zero-order valence-corrected chi connectivity index (χ0v) is 19.9. The summed E-state index contributed by atoms with van der Waals surface area (Å²) in [5.74, 6) is -0.611. The van der Waals surface area contributed by atoms with Gasteiger partial charge in [-0.1, -0.05) is 30.3 Å². The summed E-state index contributed by atoms with van der Waals surface area (Å²) in [5, 5.41) is 21.6. The average molecular weight is 506 g/mol. The standard InChI is InChI=1S/C27H22F3N5O2/c1-16(36)18-10-13-35-23(15-18)25(24(33-35)17-6-4-3-5-7-17)31-26(37)19-8-9-21(27(28,29)30)20(14-19)22-11-12-34(2)32-22/h3-16,36H,1-2H3,(H,31,37). The number of anilines is 1. The third-order valence-electron chi connectivity index (χ3n) is 6.00. The largest absolute Gasteiger partial charge is 0.417 e. The molecule has 5 rings (SSSR count). The van der Waals surface area contributed by atoms with Crippen molar-refractivity contribution in [3.8, 4) is 22.5 Å². The van der Waals surface area contributed by atoms with Crippen molar-refractivity contribution in [2.24, 2.45) is 7.05 Å². The fourth-order valence-corrected chi connectivity index (χ4v) is 4.13. The fourth-order valence-electron chi connectivity index (χ4n) is 4.13. The second-order valence-corrected chi connectivity index (χ2v) is 8.64. The number of aryl methyl sites for hydroxylation is 1. The van der Waals surface area contributed by atoms with Gasteiger partial charge in [0, 0.05) is 36.1 Å². The number of nitrogens with one attached hydrogen (secondary N) is 1. The van der Waals surface area contributed by atoms with Crippen molar-refractivity contribution in [2.45, 2.75) is 19.2 Å². The van der Waals surface area contributed by atoms with Gasteiger partial charge in [-0.2, -0.15) is 23.4 Å². The minimum absolute atomic E-state index is 0.0266. The Hall–Kier alpha value is -4.44. The molecule has 0 saturated carbocycles. The lowest BCUT2D eigenvalue weighted by molar-refractivity contribution is -0.137. The van der Waals surface area contributed by atoms with Gasteiger partial charge in [0.2, 0.25) is 0 Å². The number of hydrogen-bond acceptors (Lipinski definition) is 4. The zero-order valence-electron chi connectivity index (χ0n) is 19.9. The number of nitrogens with zero attached hydrogens (tertiary/aromatic N) is 4. The minimum Gasteiger partial charge on any atom is -0.389 e. The molecule has 1 atom stereocenters. The van der Waals surface area contributed by atoms with Crippen LogP contribution in [0.5, 0.6) is 0 Å². The highest BCUT2D eigenvalue weighted by Crippen LogP contribution is 2.38. The Morgan fingerprint density at radius 3 is 2.41 bits per heavy atom. The van der Waals surface area contributed by atoms with Crippen molar-refractivity contribution >= 4 is 17.1 Å². The van der Waals surface area contributed by atoms with Gasteiger partial charge < -0.3 is 10.4 Å². The maximum absolute atomic E-state index is 13.7. The summed E-state index contributed by atoms with van der Waals surface area (Å²) in [7, 11) is 1.60. The van der Waals surface area contributed by atoms with Crippen molar-refractivity contribution in [2.75, 3.05) is 5.32 Å². The molecule has 0 aliphatic carbocycles. The van der Waals surface area contributed by atoms with Crippen molar-refractivity contribution in [1.29, 1.82) is 0 Å². The Morgan fingerprint density at radius 2 is 1.76 bits per heavy atom. The maximum Gasteiger partial charge on any atom is 0.417 e. The number of alkyl halides is 3. The highest BCUT2D eigenvalue weighted by Gasteiger charge is 2.34. The number of aliphatic hydroxyl groups is 1. The predicted octanol–water partition coefficient (Wildman–Crippen LogP) is 5.73. The molecule has 37 heavy (non-hydrogen) atoms. The highest BCUT2D eigenvalue weighted by atomic mass is 19.4. The van der Waals surface area contributed by atoms with Gasteiger partial charge in [-0.25, -0.2) is 4.52 Å². The van der Waals surface area contributed by atoms with Crippen LogP contribution in [0.15, 0.2) is 79.1 Å². The second-order valence-electron chi connectivity index (χ2n) is 8.64. The van der Waals surface area contributed by atoms with Gasteiger partial charge in [0.1, 0.15) is 5.69 Å². The van der Waals surface area contributed by atoms with Gasteiger partial charge in [0.15, 0.2) is 0 Å². The van der Waals surface area contributed by atoms with Crippen LogP contribution in [0.2, 0.25) is 0 Å². The van der Waals surface area contributed by atoms with Gasteiger partial charge in [0.05, 0.1) is 28.6 Å². The van der Waals surface area contributed by atoms with E-state index in [9.17, 15) is 23.1 Å². The third kappa shape index (κ3) is 4.70. The van der Waals surface area contributed by atoms with Crippen molar-refractivity contribution in [3.63, 3.8) is 0 Å². The first-order chi connectivity index (χ1) is 17.6. The monoisotopic (exact) mass is 505 g/mol. The maximum atomic E-state index is 13.7. The summed E-state index contributed by atoms with van der Waals surface area (Å²) in [6, 6.07) is 17.3. The highest BCUT2D eigenvalue weighted by molar-refractivity contribution is 6.09. The molecule has 188 valence electrons. The smallest absolute Gasteiger partial charge is 0.389 e. The van der Waals surface area contributed by atoms with E-state index in [2.05, 4.69) is 15.5 Å². The number of aromatic nitrogens is 4. The summed E-state index contributed by atoms with van der Waals surface area (Å²) < 4.78 is 44.2. The number of pyridine rings is 1. The Morgan fingerprint density at radius 1 is 1.00 bits per heavy atom. The zero-order chi connectivity index (χ0) is 26.3. The Bertz CT molecular complexity index is 1600. The van der Waals surface area contributed by atoms with Crippen LogP contribution in [-0.2, 0) is 13.2 Å². The molecule has 7 nitrogen and oxygen atoms in total. The van der Waals surface area contributed by atoms with Crippen LogP contribution in [0.1, 0.15) is 34.5 Å². The molecular formula is C27H22F3N5O2. The number of amides is 1. The molecule has 0 bridgehead atoms. The van der Waals surface area contributed by atoms with Crippen LogP contribution in [-0.4, -0.2) is 30.4 Å². The number of benzene rings is 2. The Balaban J connectivity index is 1.61. The van der Waals surface area contributed by atoms with Gasteiger partial charge in [0.25, 0.3) is 5.91 Å². The Labute approximate surface area is 209 Å². The van der Waals surface area contributed by atoms with Crippen LogP contribution in [0.25, 0.3) is 28.0 Å². The topological polar surface area (TPSA) is 84.5 Å². The molecular weight excluding hydrogens is 483 g/mol. The molecule has 0 fully saturated rings. The van der Waals surface area contributed by atoms with Gasteiger partial charge in [-0.3, -0.25) is 9.48 Å². The van der Waals surface area contributed by atoms with Crippen LogP contribution in [0.4, 0.5) is 18.9 Å². The van der Waals surface area contributed by atoms with Crippen molar-refractivity contribution < 1.29 is 23.1 Å². The Kier molecular flexibility index (Phi) is 6.04. The molecule has 0 saturated heterocycles. The molecule has 10 heteroatoms. The number of fused-ring (bicyclic) bond motifs is 1. The molecule has 2 N–H and O–H groups in total. The number of rotatable bonds is 5. The van der Waals surface area contributed by atoms with E-state index in [0.29, 0.717) is 22.5 Å². The number of carbonyl (C=O) groups is 1. The number of aliphatic hydroxyl groups excluding tert-OH is 1. The van der Waals surface area contributed by atoms with Gasteiger partial charge in [-0.15, -0.1) is 0 Å². The molecule has 0 aliphatic rings. The van der Waals surface area contributed by atoms with Crippen LogP contribution in [0, 0.1) is 0 Å². The fraction of sp³-hybridized carbons (Fsp3) is 0.148. The van der Waals surface area contributed by atoms with Gasteiger partial charge in [-0.05, 0) is 48.9 Å². The first kappa shape index (κ1) is 24.3. The molecule has 5 aromatic rings. The number of hydrogen-bond donors (Lipinski definition) is 2. The van der Waals surface area contributed by atoms with E-state index >= 15 is 0 Å². The SMILES string of the molecule is CC(O)c1ccn2nc(-c3ccccc3)c(NC(=O)c3ccc(C(F)(F)F)c(-c4ccn(C)n4)c3)c2c1. The lowest BCUT2D eigenvalue weighted by atomic mass is 10.00. The second kappa shape index (κ2) is 9.21. The van der Waals surface area contributed by atoms with E-state index in [1.54, 1.807) is 36.8 Å². The summed E-state index contributed by atoms with van der Waals surface area (Å²) in [6.07, 6.45) is -2.16. The molecule has 1 amide bonds. The van der Waals surface area contributed by atoms with Crippen LogP contribution >= 0.6 is 0 Å². The molecule has 0 aliphatic heterocycles. The van der Waals surface area contributed by atoms with Crippen molar-refractivity contribution in [1.82, 2.24) is 19.4 Å². The van der Waals surface area contributed by atoms with Crippen molar-refractivity contribution in [3.05, 3.63) is 95.8 Å². The first-order valence-corrected chi connectivity index (χ1v) is 11.4. The van der Waals surface area contributed by atoms with E-state index in [4.69, 9.17) is 0 Å². The van der Waals surface area contributed by atoms with E-state index < -0.39 is 23.8 Å². The van der Waals surface area contributed by atoms with E-state index in [0.717, 1.165) is 17.7 Å². The van der Waals surface area contributed by atoms with Crippen LogP contribution < -0.4 is 5.32 Å². The number of carbonyl (C=O) groups excluding carboxylic acids is 1. The third-order valence-corrected chi connectivity index (χ3v) is 6.00. The first-order valence-electron chi connectivity index (χ1n) is 11.4. The summed E-state index contributed by atoms with van der Waals surface area (Å²) in [4.78, 5) is 13.4. The van der Waals surface area contributed by atoms with Crippen LogP contribution in [0.3, 0.4) is 0 Å². The molecule has 0 spiro atoms. The van der Waals surface area contributed by atoms with E-state index in [1.165, 1.54) is 23.0 Å². The number of halogens is 3. The predicted molar refractivity (Wildman–Crippen MR) is 133 cm³/mol. The quantitative estimate of drug-likeness (QED) is 0.320. The summed E-state index contributed by atoms with van der Waals surface area (Å²) >= 11 is 0. The molecule has 1 unspecified atom stereocenters. The minimum atomic E-state index is -4.62. The lowest BCUT2D eigenvalue weighted by Crippen LogP contribution is -2.14. The lowest BCUT2D eigenvalue weighted by Gasteiger charge is -2.14. The van der Waals surface area contributed by atoms with Gasteiger partial charge >= 0.3 is 6.18 Å². The van der Waals surface area contributed by atoms with E-state index in [1.807, 2.05) is 30.3 Å². The molecule has 2 aromatic carbocycles. The molecule has 0 radical (unpaired) electrons. The van der Waals surface area contributed by atoms with E-state index in [-0.39, 0.29) is 16.8 Å². The summed E-state index contributed by atoms with van der Waals surface area (Å²) in [5.41, 5.74) is 1.79. The molecule has 3 heterocycles. The average Bonchev–Trinajstić information content (AvgIpc) is 3.47.